The summed E-state index contributed by atoms with van der Waals surface area (Å²) in [5.41, 5.74) is 6.20. The highest BCUT2D eigenvalue weighted by atomic mass is 16.1. The third-order valence-corrected chi connectivity index (χ3v) is 3.14. The van der Waals surface area contributed by atoms with Gasteiger partial charge in [0.15, 0.2) is 0 Å². The zero-order valence-electron chi connectivity index (χ0n) is 12.8. The molecule has 0 aromatic carbocycles. The molecule has 0 atom stereocenters. The number of amides is 1. The summed E-state index contributed by atoms with van der Waals surface area (Å²) in [5, 5.41) is 3.17. The molecule has 0 bridgehead atoms. The number of allylic oxidation sites excluding steroid dienone is 1. The van der Waals surface area contributed by atoms with Gasteiger partial charge in [-0.25, -0.2) is 4.99 Å². The Bertz CT molecular complexity index is 427. The van der Waals surface area contributed by atoms with Crippen LogP contribution >= 0.6 is 0 Å². The van der Waals surface area contributed by atoms with Crippen LogP contribution in [0, 0.1) is 5.41 Å². The molecule has 112 valence electrons. The van der Waals surface area contributed by atoms with Gasteiger partial charge in [-0.15, -0.1) is 0 Å². The van der Waals surface area contributed by atoms with Crippen molar-refractivity contribution in [1.29, 1.82) is 0 Å². The van der Waals surface area contributed by atoms with E-state index in [-0.39, 0.29) is 17.4 Å². The molecule has 1 aliphatic heterocycles. The van der Waals surface area contributed by atoms with Gasteiger partial charge in [-0.2, -0.15) is 0 Å². The number of likely N-dealkylation sites (tertiary alicyclic amines) is 1. The number of nitrogens with zero attached hydrogens (tertiary/aromatic N) is 3. The van der Waals surface area contributed by atoms with E-state index in [0.717, 1.165) is 18.8 Å². The predicted octanol–water partition coefficient (Wildman–Crippen LogP) is 0.404. The SMILES string of the molecule is C=NC(C=C(NC)C(C)(C)C)=NC1CN(CC(N)=O)C1. The van der Waals surface area contributed by atoms with Crippen LogP contribution < -0.4 is 11.1 Å². The second kappa shape index (κ2) is 6.65. The molecule has 1 rings (SSSR count). The van der Waals surface area contributed by atoms with Crippen LogP contribution in [0.2, 0.25) is 0 Å². The molecule has 0 aromatic heterocycles. The lowest BCUT2D eigenvalue weighted by Gasteiger charge is -2.35. The predicted molar refractivity (Wildman–Crippen MR) is 83.0 cm³/mol. The number of nitrogens with one attached hydrogen (secondary N) is 1. The number of rotatable bonds is 5. The standard InChI is InChI=1S/C14H25N5O/c1-14(2,3)11(16-4)6-13(17-5)18-10-7-19(8-10)9-12(15)20/h6,10,16H,5,7-9H2,1-4H3,(H2,15,20). The van der Waals surface area contributed by atoms with Gasteiger partial charge in [0.05, 0.1) is 12.6 Å². The van der Waals surface area contributed by atoms with Crippen molar-refractivity contribution in [2.45, 2.75) is 26.8 Å². The molecule has 3 N–H and O–H groups in total. The highest BCUT2D eigenvalue weighted by Crippen LogP contribution is 2.22. The lowest BCUT2D eigenvalue weighted by molar-refractivity contribution is -0.120. The van der Waals surface area contributed by atoms with Crippen LogP contribution in [0.4, 0.5) is 0 Å². The van der Waals surface area contributed by atoms with Crippen LogP contribution in [0.3, 0.4) is 0 Å². The van der Waals surface area contributed by atoms with Crippen LogP contribution in [-0.4, -0.2) is 56.1 Å². The molecule has 1 fully saturated rings. The van der Waals surface area contributed by atoms with Crippen molar-refractivity contribution in [2.24, 2.45) is 21.1 Å². The largest absolute Gasteiger partial charge is 0.391 e. The van der Waals surface area contributed by atoms with Gasteiger partial charge in [0.2, 0.25) is 5.91 Å². The minimum absolute atomic E-state index is 0.00216. The number of amidine groups is 1. The zero-order chi connectivity index (χ0) is 15.3. The van der Waals surface area contributed by atoms with E-state index in [4.69, 9.17) is 5.73 Å². The highest BCUT2D eigenvalue weighted by Gasteiger charge is 2.27. The monoisotopic (exact) mass is 279 g/mol. The summed E-state index contributed by atoms with van der Waals surface area (Å²) in [6.07, 6.45) is 1.92. The highest BCUT2D eigenvalue weighted by molar-refractivity contribution is 5.96. The van der Waals surface area contributed by atoms with Gasteiger partial charge in [0.25, 0.3) is 0 Å². The fourth-order valence-corrected chi connectivity index (χ4v) is 2.08. The number of hydrogen-bond donors (Lipinski definition) is 2. The molecule has 0 saturated carbocycles. The maximum Gasteiger partial charge on any atom is 0.231 e. The van der Waals surface area contributed by atoms with E-state index in [1.165, 1.54) is 0 Å². The third-order valence-electron chi connectivity index (χ3n) is 3.14. The fourth-order valence-electron chi connectivity index (χ4n) is 2.08. The van der Waals surface area contributed by atoms with Gasteiger partial charge < -0.3 is 11.1 Å². The molecule has 0 spiro atoms. The first-order valence-corrected chi connectivity index (χ1v) is 6.71. The van der Waals surface area contributed by atoms with Gasteiger partial charge in [0.1, 0.15) is 5.84 Å². The summed E-state index contributed by atoms with van der Waals surface area (Å²) in [4.78, 5) is 21.2. The van der Waals surface area contributed by atoms with E-state index >= 15 is 0 Å². The maximum atomic E-state index is 10.8. The number of primary amides is 1. The number of carbonyl (C=O) groups is 1. The average Bonchev–Trinajstić information content (AvgIpc) is 2.28. The Balaban J connectivity index is 2.68. The summed E-state index contributed by atoms with van der Waals surface area (Å²) in [7, 11) is 1.88. The summed E-state index contributed by atoms with van der Waals surface area (Å²) in [6, 6.07) is 0.157. The van der Waals surface area contributed by atoms with Crippen molar-refractivity contribution in [1.82, 2.24) is 10.2 Å². The minimum atomic E-state index is -0.306. The van der Waals surface area contributed by atoms with E-state index in [2.05, 4.69) is 42.8 Å². The quantitative estimate of drug-likeness (QED) is 0.564. The first-order chi connectivity index (χ1) is 9.26. The first-order valence-electron chi connectivity index (χ1n) is 6.71. The van der Waals surface area contributed by atoms with Crippen LogP contribution in [0.15, 0.2) is 21.8 Å². The molecule has 0 aromatic rings. The Kier molecular flexibility index (Phi) is 5.44. The van der Waals surface area contributed by atoms with Gasteiger partial charge in [-0.05, 0) is 6.72 Å². The van der Waals surface area contributed by atoms with Crippen molar-refractivity contribution in [3.8, 4) is 0 Å². The van der Waals surface area contributed by atoms with E-state index in [0.29, 0.717) is 12.4 Å². The van der Waals surface area contributed by atoms with Gasteiger partial charge >= 0.3 is 0 Å². The second-order valence-corrected chi connectivity index (χ2v) is 6.02. The molecule has 1 amide bonds. The molecule has 0 radical (unpaired) electrons. The van der Waals surface area contributed by atoms with Crippen molar-refractivity contribution in [3.05, 3.63) is 11.8 Å². The second-order valence-electron chi connectivity index (χ2n) is 6.02. The third kappa shape index (κ3) is 4.77. The Morgan fingerprint density at radius 1 is 1.50 bits per heavy atom. The van der Waals surface area contributed by atoms with Crippen LogP contribution in [0.5, 0.6) is 0 Å². The summed E-state index contributed by atoms with van der Waals surface area (Å²) < 4.78 is 0. The summed E-state index contributed by atoms with van der Waals surface area (Å²) >= 11 is 0. The Labute approximate surface area is 120 Å². The number of carbonyl (C=O) groups excluding carboxylic acids is 1. The number of nitrogens with two attached hydrogens (primary N) is 1. The molecule has 6 nitrogen and oxygen atoms in total. The molecule has 1 heterocycles. The maximum absolute atomic E-state index is 10.8. The Morgan fingerprint density at radius 3 is 2.50 bits per heavy atom. The average molecular weight is 279 g/mol. The van der Waals surface area contributed by atoms with Crippen LogP contribution in [0.1, 0.15) is 20.8 Å². The molecule has 6 heteroatoms. The Morgan fingerprint density at radius 2 is 2.10 bits per heavy atom. The van der Waals surface area contributed by atoms with Crippen LogP contribution in [-0.2, 0) is 4.79 Å². The number of aliphatic imine (C=N–C) groups is 2. The van der Waals surface area contributed by atoms with Crippen molar-refractivity contribution < 1.29 is 4.79 Å². The molecular formula is C14H25N5O. The Hall–Kier alpha value is -1.69. The van der Waals surface area contributed by atoms with E-state index in [1.54, 1.807) is 0 Å². The van der Waals surface area contributed by atoms with Crippen molar-refractivity contribution in [2.75, 3.05) is 26.7 Å². The molecular weight excluding hydrogens is 254 g/mol. The summed E-state index contributed by atoms with van der Waals surface area (Å²) in [6.45, 7) is 11.7. The summed E-state index contributed by atoms with van der Waals surface area (Å²) in [5.74, 6) is 0.313. The topological polar surface area (TPSA) is 83.1 Å². The normalized spacial score (nSPS) is 18.6. The minimum Gasteiger partial charge on any atom is -0.391 e. The van der Waals surface area contributed by atoms with E-state index < -0.39 is 0 Å². The molecule has 1 aliphatic rings. The van der Waals surface area contributed by atoms with Gasteiger partial charge in [-0.1, -0.05) is 20.8 Å². The van der Waals surface area contributed by atoms with Gasteiger partial charge in [0, 0.05) is 37.3 Å². The zero-order valence-corrected chi connectivity index (χ0v) is 12.8. The fraction of sp³-hybridized carbons (Fsp3) is 0.643. The van der Waals surface area contributed by atoms with Crippen molar-refractivity contribution >= 4 is 18.5 Å². The number of hydrogen-bond acceptors (Lipinski definition) is 4. The molecule has 0 unspecified atom stereocenters. The molecule has 1 saturated heterocycles. The van der Waals surface area contributed by atoms with Gasteiger partial charge in [-0.3, -0.25) is 14.7 Å². The van der Waals surface area contributed by atoms with Crippen molar-refractivity contribution in [3.63, 3.8) is 0 Å². The molecule has 20 heavy (non-hydrogen) atoms. The molecule has 0 aliphatic carbocycles. The van der Waals surface area contributed by atoms with E-state index in [1.807, 2.05) is 18.0 Å². The lowest BCUT2D eigenvalue weighted by Crippen LogP contribution is -2.52. The smallest absolute Gasteiger partial charge is 0.231 e. The van der Waals surface area contributed by atoms with E-state index in [9.17, 15) is 4.79 Å². The first kappa shape index (κ1) is 16.4. The van der Waals surface area contributed by atoms with Crippen LogP contribution in [0.25, 0.3) is 0 Å². The lowest BCUT2D eigenvalue weighted by atomic mass is 9.91.